The van der Waals surface area contributed by atoms with E-state index in [-0.39, 0.29) is 30.5 Å². The highest BCUT2D eigenvalue weighted by Crippen LogP contribution is 2.12. The van der Waals surface area contributed by atoms with Crippen molar-refractivity contribution in [2.24, 2.45) is 0 Å². The van der Waals surface area contributed by atoms with E-state index in [1.165, 1.54) is 24.3 Å². The fourth-order valence-electron chi connectivity index (χ4n) is 1.66. The Bertz CT molecular complexity index is 499. The third-order valence-electron chi connectivity index (χ3n) is 2.60. The molecule has 1 amide bonds. The van der Waals surface area contributed by atoms with Crippen LogP contribution in [0.15, 0.2) is 24.3 Å². The minimum Gasteiger partial charge on any atom is -0.355 e. The van der Waals surface area contributed by atoms with Crippen molar-refractivity contribution < 1.29 is 14.5 Å². The molecule has 7 nitrogen and oxygen atoms in total. The molecule has 0 saturated heterocycles. The van der Waals surface area contributed by atoms with Crippen LogP contribution in [0.5, 0.6) is 0 Å². The number of carbonyl (C=O) groups excluding carboxylic acids is 2. The van der Waals surface area contributed by atoms with Crippen molar-refractivity contribution in [1.29, 1.82) is 0 Å². The maximum absolute atomic E-state index is 11.9. The lowest BCUT2D eigenvalue weighted by molar-refractivity contribution is -0.384. The number of nitro groups is 1. The maximum Gasteiger partial charge on any atom is 0.269 e. The minimum absolute atomic E-state index is 0.0581. The highest BCUT2D eigenvalue weighted by atomic mass is 16.6. The summed E-state index contributed by atoms with van der Waals surface area (Å²) in [6.07, 6.45) is 0. The minimum atomic E-state index is -0.518. The predicted octanol–water partition coefficient (Wildman–Crippen LogP) is 0.845. The molecule has 0 atom stereocenters. The summed E-state index contributed by atoms with van der Waals surface area (Å²) in [5.41, 5.74) is 0.329. The largest absolute Gasteiger partial charge is 0.355 e. The molecular formula is C13H17N3O4. The van der Waals surface area contributed by atoms with Gasteiger partial charge >= 0.3 is 0 Å². The molecular weight excluding hydrogens is 262 g/mol. The molecule has 0 aliphatic heterocycles. The number of nitrogens with zero attached hydrogens (tertiary/aromatic N) is 2. The first-order chi connectivity index (χ1) is 9.43. The van der Waals surface area contributed by atoms with E-state index in [2.05, 4.69) is 5.32 Å². The maximum atomic E-state index is 11.9. The number of nitrogens with one attached hydrogen (secondary N) is 1. The second-order valence-electron chi connectivity index (χ2n) is 4.35. The van der Waals surface area contributed by atoms with Gasteiger partial charge in [-0.3, -0.25) is 24.6 Å². The summed E-state index contributed by atoms with van der Waals surface area (Å²) in [7, 11) is 1.67. The number of benzene rings is 1. The number of hydrogen-bond acceptors (Lipinski definition) is 5. The highest BCUT2D eigenvalue weighted by molar-refractivity contribution is 5.98. The second kappa shape index (κ2) is 7.34. The number of non-ortho nitro benzene ring substituents is 1. The zero-order chi connectivity index (χ0) is 15.1. The van der Waals surface area contributed by atoms with Gasteiger partial charge in [-0.15, -0.1) is 0 Å². The molecule has 0 saturated carbocycles. The Kier molecular flexibility index (Phi) is 5.79. The molecule has 0 bridgehead atoms. The van der Waals surface area contributed by atoms with Gasteiger partial charge in [0.05, 0.1) is 18.0 Å². The molecule has 108 valence electrons. The fourth-order valence-corrected chi connectivity index (χ4v) is 1.66. The molecule has 0 unspecified atom stereocenters. The molecule has 1 aromatic carbocycles. The number of ketones is 1. The number of nitro benzene ring substituents is 1. The lowest BCUT2D eigenvalue weighted by Gasteiger charge is -2.14. The average Bonchev–Trinajstić information content (AvgIpc) is 2.38. The number of carbonyl (C=O) groups is 2. The number of Topliss-reactive ketones (excluding diaryl/α,β-unsaturated/α-hetero) is 1. The zero-order valence-corrected chi connectivity index (χ0v) is 11.5. The lowest BCUT2D eigenvalue weighted by Crippen LogP contribution is -2.37. The number of amides is 1. The van der Waals surface area contributed by atoms with Gasteiger partial charge in [-0.25, -0.2) is 0 Å². The molecule has 1 N–H and O–H groups in total. The van der Waals surface area contributed by atoms with Gasteiger partial charge in [0.15, 0.2) is 5.78 Å². The van der Waals surface area contributed by atoms with Gasteiger partial charge in [0.25, 0.3) is 5.69 Å². The third kappa shape index (κ3) is 4.77. The Morgan fingerprint density at radius 2 is 1.85 bits per heavy atom. The molecule has 0 aliphatic carbocycles. The standard InChI is InChI=1S/C13H17N3O4/c1-3-14-13(18)9-15(2)8-12(17)10-4-6-11(7-5-10)16(19)20/h4-7H,3,8-9H2,1-2H3,(H,14,18). The Morgan fingerprint density at radius 3 is 2.35 bits per heavy atom. The molecule has 7 heteroatoms. The van der Waals surface area contributed by atoms with Crippen LogP contribution in [-0.2, 0) is 4.79 Å². The van der Waals surface area contributed by atoms with Crippen LogP contribution in [0.1, 0.15) is 17.3 Å². The first-order valence-corrected chi connectivity index (χ1v) is 6.17. The molecule has 1 rings (SSSR count). The average molecular weight is 279 g/mol. The van der Waals surface area contributed by atoms with Gasteiger partial charge in [-0.1, -0.05) is 0 Å². The van der Waals surface area contributed by atoms with Crippen LogP contribution in [-0.4, -0.2) is 48.2 Å². The van der Waals surface area contributed by atoms with E-state index < -0.39 is 4.92 Å². The van der Waals surface area contributed by atoms with Crippen LogP contribution in [0, 0.1) is 10.1 Å². The van der Waals surface area contributed by atoms with E-state index in [9.17, 15) is 19.7 Å². The summed E-state index contributed by atoms with van der Waals surface area (Å²) in [4.78, 5) is 34.9. The SMILES string of the molecule is CCNC(=O)CN(C)CC(=O)c1ccc([N+](=O)[O-])cc1. The smallest absolute Gasteiger partial charge is 0.269 e. The van der Waals surface area contributed by atoms with Crippen LogP contribution < -0.4 is 5.32 Å². The van der Waals surface area contributed by atoms with E-state index >= 15 is 0 Å². The van der Waals surface area contributed by atoms with Crippen LogP contribution in [0.4, 0.5) is 5.69 Å². The van der Waals surface area contributed by atoms with Gasteiger partial charge in [0.2, 0.25) is 5.91 Å². The molecule has 0 heterocycles. The van der Waals surface area contributed by atoms with E-state index in [1.54, 1.807) is 11.9 Å². The Balaban J connectivity index is 2.57. The summed E-state index contributed by atoms with van der Waals surface area (Å²) in [5, 5.41) is 13.2. The summed E-state index contributed by atoms with van der Waals surface area (Å²) in [5.74, 6) is -0.335. The molecule has 0 spiro atoms. The third-order valence-corrected chi connectivity index (χ3v) is 2.60. The van der Waals surface area contributed by atoms with Gasteiger partial charge in [0, 0.05) is 24.2 Å². The molecule has 0 aromatic heterocycles. The molecule has 0 radical (unpaired) electrons. The second-order valence-corrected chi connectivity index (χ2v) is 4.35. The van der Waals surface area contributed by atoms with Crippen molar-refractivity contribution in [2.75, 3.05) is 26.7 Å². The Hall–Kier alpha value is -2.28. The van der Waals surface area contributed by atoms with Crippen LogP contribution in [0.3, 0.4) is 0 Å². The van der Waals surface area contributed by atoms with E-state index in [4.69, 9.17) is 0 Å². The van der Waals surface area contributed by atoms with E-state index in [0.717, 1.165) is 0 Å². The van der Waals surface area contributed by atoms with Crippen LogP contribution in [0.2, 0.25) is 0 Å². The topological polar surface area (TPSA) is 92.6 Å². The van der Waals surface area contributed by atoms with Crippen molar-refractivity contribution in [3.8, 4) is 0 Å². The zero-order valence-electron chi connectivity index (χ0n) is 11.5. The first kappa shape index (κ1) is 15.8. The molecule has 1 aromatic rings. The lowest BCUT2D eigenvalue weighted by atomic mass is 10.1. The normalized spacial score (nSPS) is 10.3. The van der Waals surface area contributed by atoms with Gasteiger partial charge in [-0.05, 0) is 26.1 Å². The number of rotatable bonds is 7. The van der Waals surface area contributed by atoms with Crippen LogP contribution in [0.25, 0.3) is 0 Å². The van der Waals surface area contributed by atoms with Crippen molar-refractivity contribution in [3.05, 3.63) is 39.9 Å². The number of hydrogen-bond donors (Lipinski definition) is 1. The van der Waals surface area contributed by atoms with Gasteiger partial charge in [0.1, 0.15) is 0 Å². The quantitative estimate of drug-likeness (QED) is 0.453. The fraction of sp³-hybridized carbons (Fsp3) is 0.385. The van der Waals surface area contributed by atoms with Gasteiger partial charge in [-0.2, -0.15) is 0 Å². The monoisotopic (exact) mass is 279 g/mol. The summed E-state index contributed by atoms with van der Waals surface area (Å²) in [6.45, 7) is 2.57. The molecule has 20 heavy (non-hydrogen) atoms. The van der Waals surface area contributed by atoms with E-state index in [0.29, 0.717) is 12.1 Å². The van der Waals surface area contributed by atoms with Crippen molar-refractivity contribution in [2.45, 2.75) is 6.92 Å². The van der Waals surface area contributed by atoms with Crippen LogP contribution >= 0.6 is 0 Å². The molecule has 0 aliphatic rings. The summed E-state index contributed by atoms with van der Waals surface area (Å²) < 4.78 is 0. The summed E-state index contributed by atoms with van der Waals surface area (Å²) in [6, 6.07) is 5.41. The predicted molar refractivity (Wildman–Crippen MR) is 73.6 cm³/mol. The Labute approximate surface area is 116 Å². The van der Waals surface area contributed by atoms with E-state index in [1.807, 2.05) is 6.92 Å². The Morgan fingerprint density at radius 1 is 1.25 bits per heavy atom. The highest BCUT2D eigenvalue weighted by Gasteiger charge is 2.13. The summed E-state index contributed by atoms with van der Waals surface area (Å²) >= 11 is 0. The van der Waals surface area contributed by atoms with Crippen molar-refractivity contribution in [1.82, 2.24) is 10.2 Å². The van der Waals surface area contributed by atoms with Crippen molar-refractivity contribution in [3.63, 3.8) is 0 Å². The number of likely N-dealkylation sites (N-methyl/N-ethyl adjacent to an activating group) is 2. The van der Waals surface area contributed by atoms with Gasteiger partial charge < -0.3 is 5.32 Å². The molecule has 0 fully saturated rings. The van der Waals surface area contributed by atoms with Crippen molar-refractivity contribution >= 4 is 17.4 Å². The first-order valence-electron chi connectivity index (χ1n) is 6.17.